The molecule has 1 amide bonds. The summed E-state index contributed by atoms with van der Waals surface area (Å²) in [7, 11) is 0. The van der Waals surface area contributed by atoms with Gasteiger partial charge in [0.05, 0.1) is 5.56 Å². The standard InChI is InChI=1S/C14H11F3N2O3/c15-14(16,17)10-6-11(12(20)18-7-10)19-13(21)22-8-9-4-2-1-3-5-9/h1-7H,8H2,(H,18,20)(H,19,21). The molecular weight excluding hydrogens is 301 g/mol. The van der Waals surface area contributed by atoms with Gasteiger partial charge < -0.3 is 9.72 Å². The lowest BCUT2D eigenvalue weighted by molar-refractivity contribution is -0.137. The number of H-pyrrole nitrogens is 1. The summed E-state index contributed by atoms with van der Waals surface area (Å²) in [6, 6.07) is 9.24. The monoisotopic (exact) mass is 312 g/mol. The zero-order chi connectivity index (χ0) is 16.2. The SMILES string of the molecule is O=C(Nc1cc(C(F)(F)F)c[nH]c1=O)OCc1ccccc1. The first-order chi connectivity index (χ1) is 10.4. The van der Waals surface area contributed by atoms with E-state index in [9.17, 15) is 22.8 Å². The number of ether oxygens (including phenoxy) is 1. The molecular formula is C14H11F3N2O3. The quantitative estimate of drug-likeness (QED) is 0.914. The molecule has 0 atom stereocenters. The van der Waals surface area contributed by atoms with E-state index in [1.165, 1.54) is 0 Å². The van der Waals surface area contributed by atoms with E-state index in [4.69, 9.17) is 4.74 Å². The number of hydrogen-bond acceptors (Lipinski definition) is 3. The molecule has 5 nitrogen and oxygen atoms in total. The van der Waals surface area contributed by atoms with Crippen molar-refractivity contribution in [2.75, 3.05) is 5.32 Å². The van der Waals surface area contributed by atoms with E-state index >= 15 is 0 Å². The maximum atomic E-state index is 12.5. The van der Waals surface area contributed by atoms with Crippen molar-refractivity contribution in [2.24, 2.45) is 0 Å². The fourth-order valence-electron chi connectivity index (χ4n) is 1.61. The van der Waals surface area contributed by atoms with Crippen LogP contribution in [0.25, 0.3) is 0 Å². The maximum Gasteiger partial charge on any atom is 0.417 e. The van der Waals surface area contributed by atoms with Crippen molar-refractivity contribution in [3.8, 4) is 0 Å². The lowest BCUT2D eigenvalue weighted by atomic mass is 10.2. The summed E-state index contributed by atoms with van der Waals surface area (Å²) in [5.74, 6) is 0. The van der Waals surface area contributed by atoms with Crippen LogP contribution in [0.4, 0.5) is 23.7 Å². The highest BCUT2D eigenvalue weighted by atomic mass is 19.4. The fraction of sp³-hybridized carbons (Fsp3) is 0.143. The van der Waals surface area contributed by atoms with Gasteiger partial charge in [-0.2, -0.15) is 13.2 Å². The minimum atomic E-state index is -4.63. The number of rotatable bonds is 3. The fourth-order valence-corrected chi connectivity index (χ4v) is 1.61. The van der Waals surface area contributed by atoms with E-state index in [2.05, 4.69) is 0 Å². The smallest absolute Gasteiger partial charge is 0.417 e. The number of halogens is 3. The van der Waals surface area contributed by atoms with E-state index in [1.807, 2.05) is 10.3 Å². The van der Waals surface area contributed by atoms with Crippen LogP contribution >= 0.6 is 0 Å². The van der Waals surface area contributed by atoms with Crippen molar-refractivity contribution in [2.45, 2.75) is 12.8 Å². The molecule has 0 saturated heterocycles. The summed E-state index contributed by atoms with van der Waals surface area (Å²) in [4.78, 5) is 24.9. The molecule has 0 aliphatic heterocycles. The van der Waals surface area contributed by atoms with Crippen LogP contribution in [-0.2, 0) is 17.5 Å². The molecule has 2 aromatic rings. The molecule has 1 heterocycles. The van der Waals surface area contributed by atoms with Gasteiger partial charge in [-0.05, 0) is 11.6 Å². The Hall–Kier alpha value is -2.77. The number of pyridine rings is 1. The summed E-state index contributed by atoms with van der Waals surface area (Å²) in [5, 5.41) is 1.99. The number of aromatic nitrogens is 1. The maximum absolute atomic E-state index is 12.5. The van der Waals surface area contributed by atoms with E-state index < -0.39 is 29.1 Å². The first kappa shape index (κ1) is 15.6. The van der Waals surface area contributed by atoms with E-state index in [1.54, 1.807) is 30.3 Å². The first-order valence-corrected chi connectivity index (χ1v) is 6.14. The molecule has 22 heavy (non-hydrogen) atoms. The lowest BCUT2D eigenvalue weighted by Crippen LogP contribution is -2.22. The van der Waals surface area contributed by atoms with Crippen molar-refractivity contribution in [3.05, 3.63) is 64.1 Å². The molecule has 0 aliphatic rings. The van der Waals surface area contributed by atoms with Crippen molar-refractivity contribution >= 4 is 11.8 Å². The second-order valence-corrected chi connectivity index (χ2v) is 4.32. The van der Waals surface area contributed by atoms with Gasteiger partial charge >= 0.3 is 12.3 Å². The number of hydrogen-bond donors (Lipinski definition) is 2. The van der Waals surface area contributed by atoms with Gasteiger partial charge in [-0.15, -0.1) is 0 Å². The topological polar surface area (TPSA) is 71.2 Å². The number of alkyl halides is 3. The second-order valence-electron chi connectivity index (χ2n) is 4.32. The third-order valence-electron chi connectivity index (χ3n) is 2.68. The van der Waals surface area contributed by atoms with Crippen LogP contribution in [0.2, 0.25) is 0 Å². The molecule has 2 N–H and O–H groups in total. The van der Waals surface area contributed by atoms with Gasteiger partial charge in [0, 0.05) is 6.20 Å². The highest BCUT2D eigenvalue weighted by Crippen LogP contribution is 2.29. The summed E-state index contributed by atoms with van der Waals surface area (Å²) < 4.78 is 42.4. The summed E-state index contributed by atoms with van der Waals surface area (Å²) >= 11 is 0. The Morgan fingerprint density at radius 3 is 2.55 bits per heavy atom. The average molecular weight is 312 g/mol. The Kier molecular flexibility index (Phi) is 4.50. The van der Waals surface area contributed by atoms with Crippen LogP contribution in [0.5, 0.6) is 0 Å². The highest BCUT2D eigenvalue weighted by Gasteiger charge is 2.31. The number of nitrogens with one attached hydrogen (secondary N) is 2. The Bertz CT molecular complexity index is 711. The second kappa shape index (κ2) is 6.33. The first-order valence-electron chi connectivity index (χ1n) is 6.14. The predicted molar refractivity (Wildman–Crippen MR) is 72.3 cm³/mol. The van der Waals surface area contributed by atoms with Crippen molar-refractivity contribution in [1.82, 2.24) is 4.98 Å². The third kappa shape index (κ3) is 4.11. The normalized spacial score (nSPS) is 11.0. The van der Waals surface area contributed by atoms with Crippen molar-refractivity contribution in [3.63, 3.8) is 0 Å². The minimum Gasteiger partial charge on any atom is -0.444 e. The summed E-state index contributed by atoms with van der Waals surface area (Å²) in [6.45, 7) is -0.0659. The molecule has 1 aromatic heterocycles. The van der Waals surface area contributed by atoms with Gasteiger partial charge in [0.1, 0.15) is 12.3 Å². The molecule has 0 bridgehead atoms. The predicted octanol–water partition coefficient (Wildman–Crippen LogP) is 3.14. The zero-order valence-corrected chi connectivity index (χ0v) is 11.1. The molecule has 0 radical (unpaired) electrons. The van der Waals surface area contributed by atoms with E-state index in [-0.39, 0.29) is 6.61 Å². The highest BCUT2D eigenvalue weighted by molar-refractivity contribution is 5.84. The molecule has 0 aliphatic carbocycles. The lowest BCUT2D eigenvalue weighted by Gasteiger charge is -2.09. The van der Waals surface area contributed by atoms with Crippen LogP contribution in [-0.4, -0.2) is 11.1 Å². The number of benzene rings is 1. The van der Waals surface area contributed by atoms with Crippen LogP contribution in [0, 0.1) is 0 Å². The number of amides is 1. The minimum absolute atomic E-state index is 0.0659. The van der Waals surface area contributed by atoms with E-state index in [0.29, 0.717) is 17.8 Å². The molecule has 8 heteroatoms. The Labute approximate surface area is 122 Å². The van der Waals surface area contributed by atoms with E-state index in [0.717, 1.165) is 0 Å². The van der Waals surface area contributed by atoms with Crippen LogP contribution < -0.4 is 10.9 Å². The molecule has 0 spiro atoms. The average Bonchev–Trinajstić information content (AvgIpc) is 2.47. The van der Waals surface area contributed by atoms with Gasteiger partial charge in [0.15, 0.2) is 0 Å². The Morgan fingerprint density at radius 1 is 1.23 bits per heavy atom. The number of aromatic amines is 1. The van der Waals surface area contributed by atoms with Crippen LogP contribution in [0.1, 0.15) is 11.1 Å². The molecule has 0 saturated carbocycles. The molecule has 116 valence electrons. The van der Waals surface area contributed by atoms with Crippen LogP contribution in [0.3, 0.4) is 0 Å². The number of anilines is 1. The van der Waals surface area contributed by atoms with Gasteiger partial charge in [-0.25, -0.2) is 4.79 Å². The molecule has 1 aromatic carbocycles. The Morgan fingerprint density at radius 2 is 1.91 bits per heavy atom. The molecule has 0 unspecified atom stereocenters. The third-order valence-corrected chi connectivity index (χ3v) is 2.68. The van der Waals surface area contributed by atoms with Crippen LogP contribution in [0.15, 0.2) is 47.4 Å². The van der Waals surface area contributed by atoms with Gasteiger partial charge in [0.2, 0.25) is 0 Å². The van der Waals surface area contributed by atoms with Gasteiger partial charge in [-0.3, -0.25) is 10.1 Å². The van der Waals surface area contributed by atoms with Crippen molar-refractivity contribution in [1.29, 1.82) is 0 Å². The number of carbonyl (C=O) groups is 1. The van der Waals surface area contributed by atoms with Gasteiger partial charge in [0.25, 0.3) is 5.56 Å². The number of carbonyl (C=O) groups excluding carboxylic acids is 1. The molecule has 0 fully saturated rings. The largest absolute Gasteiger partial charge is 0.444 e. The summed E-state index contributed by atoms with van der Waals surface area (Å²) in [5.41, 5.74) is -1.77. The zero-order valence-electron chi connectivity index (χ0n) is 11.1. The van der Waals surface area contributed by atoms with Crippen molar-refractivity contribution < 1.29 is 22.7 Å². The molecule has 2 rings (SSSR count). The Balaban J connectivity index is 2.04. The van der Waals surface area contributed by atoms with Gasteiger partial charge in [-0.1, -0.05) is 30.3 Å². The summed E-state index contributed by atoms with van der Waals surface area (Å²) in [6.07, 6.45) is -5.12.